The molecular formula is C13H17N3O3S. The second-order valence-electron chi connectivity index (χ2n) is 5.31. The van der Waals surface area contributed by atoms with Crippen LogP contribution < -0.4 is 0 Å². The zero-order valence-corrected chi connectivity index (χ0v) is 12.2. The van der Waals surface area contributed by atoms with E-state index in [0.717, 1.165) is 12.2 Å². The maximum Gasteiger partial charge on any atom is 0.260 e. The van der Waals surface area contributed by atoms with Gasteiger partial charge in [-0.05, 0) is 30.5 Å². The smallest absolute Gasteiger partial charge is 0.260 e. The van der Waals surface area contributed by atoms with Crippen molar-refractivity contribution in [2.45, 2.75) is 30.8 Å². The van der Waals surface area contributed by atoms with Crippen LogP contribution in [0.2, 0.25) is 0 Å². The summed E-state index contributed by atoms with van der Waals surface area (Å²) >= 11 is 0. The van der Waals surface area contributed by atoms with Gasteiger partial charge in [-0.2, -0.15) is 9.40 Å². The third kappa shape index (κ3) is 2.38. The van der Waals surface area contributed by atoms with E-state index in [-0.39, 0.29) is 11.6 Å². The molecular weight excluding hydrogens is 278 g/mol. The van der Waals surface area contributed by atoms with Crippen molar-refractivity contribution >= 4 is 10.0 Å². The van der Waals surface area contributed by atoms with Crippen molar-refractivity contribution < 1.29 is 12.8 Å². The summed E-state index contributed by atoms with van der Waals surface area (Å²) in [6, 6.07) is 5.23. The summed E-state index contributed by atoms with van der Waals surface area (Å²) in [7, 11) is -2.02. The van der Waals surface area contributed by atoms with Crippen LogP contribution in [0.25, 0.3) is 0 Å². The summed E-state index contributed by atoms with van der Waals surface area (Å²) in [5.41, 5.74) is 0. The fourth-order valence-electron chi connectivity index (χ4n) is 2.26. The van der Waals surface area contributed by atoms with Gasteiger partial charge >= 0.3 is 0 Å². The molecule has 20 heavy (non-hydrogen) atoms. The number of nitrogens with one attached hydrogen (secondary N) is 1. The molecule has 0 radical (unpaired) electrons. The zero-order chi connectivity index (χ0) is 14.3. The van der Waals surface area contributed by atoms with Crippen LogP contribution in [-0.2, 0) is 16.6 Å². The molecule has 0 amide bonds. The lowest BCUT2D eigenvalue weighted by Crippen LogP contribution is -2.26. The van der Waals surface area contributed by atoms with Gasteiger partial charge in [0.05, 0.1) is 12.7 Å². The number of aromatic amines is 1. The SMILES string of the molecule is CC1CC1c1ccc(CN(C)S(=O)(=O)c2ccn[nH]2)o1. The fourth-order valence-corrected chi connectivity index (χ4v) is 3.29. The Morgan fingerprint density at radius 2 is 2.20 bits per heavy atom. The van der Waals surface area contributed by atoms with E-state index < -0.39 is 10.0 Å². The minimum Gasteiger partial charge on any atom is -0.464 e. The predicted molar refractivity (Wildman–Crippen MR) is 72.5 cm³/mol. The molecule has 2 heterocycles. The third-order valence-corrected chi connectivity index (χ3v) is 5.43. The summed E-state index contributed by atoms with van der Waals surface area (Å²) in [6.07, 6.45) is 2.56. The Labute approximate surface area is 117 Å². The number of sulfonamides is 1. The molecule has 108 valence electrons. The van der Waals surface area contributed by atoms with Crippen LogP contribution in [0.3, 0.4) is 0 Å². The van der Waals surface area contributed by atoms with Gasteiger partial charge in [0.1, 0.15) is 11.5 Å². The molecule has 2 aromatic heterocycles. The molecule has 0 aromatic carbocycles. The Morgan fingerprint density at radius 3 is 2.80 bits per heavy atom. The average Bonchev–Trinajstić information content (AvgIpc) is 2.90. The highest BCUT2D eigenvalue weighted by molar-refractivity contribution is 7.89. The molecule has 7 heteroatoms. The van der Waals surface area contributed by atoms with E-state index in [2.05, 4.69) is 17.1 Å². The molecule has 1 fully saturated rings. The average molecular weight is 295 g/mol. The molecule has 0 saturated heterocycles. The molecule has 0 aliphatic heterocycles. The van der Waals surface area contributed by atoms with Gasteiger partial charge in [0, 0.05) is 13.0 Å². The van der Waals surface area contributed by atoms with Crippen LogP contribution in [0.15, 0.2) is 33.8 Å². The molecule has 1 aliphatic rings. The van der Waals surface area contributed by atoms with Crippen LogP contribution >= 0.6 is 0 Å². The van der Waals surface area contributed by atoms with Crippen molar-refractivity contribution in [2.24, 2.45) is 5.92 Å². The van der Waals surface area contributed by atoms with E-state index in [1.807, 2.05) is 12.1 Å². The maximum atomic E-state index is 12.2. The summed E-state index contributed by atoms with van der Waals surface area (Å²) in [6.45, 7) is 2.39. The Morgan fingerprint density at radius 1 is 1.45 bits per heavy atom. The van der Waals surface area contributed by atoms with Crippen molar-refractivity contribution in [3.63, 3.8) is 0 Å². The predicted octanol–water partition coefficient (Wildman–Crippen LogP) is 1.95. The number of aromatic nitrogens is 2. The standard InChI is InChI=1S/C13H17N3O3S/c1-9-7-11(9)12-4-3-10(19-12)8-16(2)20(17,18)13-5-6-14-15-13/h3-6,9,11H,7-8H2,1-2H3,(H,14,15). The van der Waals surface area contributed by atoms with Crippen LogP contribution in [-0.4, -0.2) is 30.0 Å². The van der Waals surface area contributed by atoms with Gasteiger partial charge in [-0.25, -0.2) is 8.42 Å². The van der Waals surface area contributed by atoms with Crippen LogP contribution in [0, 0.1) is 5.92 Å². The molecule has 2 atom stereocenters. The lowest BCUT2D eigenvalue weighted by atomic mass is 10.3. The highest BCUT2D eigenvalue weighted by Gasteiger charge is 2.36. The quantitative estimate of drug-likeness (QED) is 0.914. The van der Waals surface area contributed by atoms with Gasteiger partial charge in [-0.1, -0.05) is 6.92 Å². The maximum absolute atomic E-state index is 12.2. The third-order valence-electron chi connectivity index (χ3n) is 3.70. The molecule has 2 unspecified atom stereocenters. The van der Waals surface area contributed by atoms with Crippen molar-refractivity contribution in [3.8, 4) is 0 Å². The van der Waals surface area contributed by atoms with E-state index in [9.17, 15) is 8.42 Å². The van der Waals surface area contributed by atoms with Crippen molar-refractivity contribution in [3.05, 3.63) is 35.9 Å². The molecule has 0 spiro atoms. The summed E-state index contributed by atoms with van der Waals surface area (Å²) in [5.74, 6) is 2.78. The van der Waals surface area contributed by atoms with Gasteiger partial charge in [0.2, 0.25) is 0 Å². The number of rotatable bonds is 5. The van der Waals surface area contributed by atoms with Gasteiger partial charge in [0.25, 0.3) is 10.0 Å². The molecule has 1 saturated carbocycles. The van der Waals surface area contributed by atoms with E-state index in [4.69, 9.17) is 4.42 Å². The van der Waals surface area contributed by atoms with Crippen molar-refractivity contribution in [1.29, 1.82) is 0 Å². The number of hydrogen-bond donors (Lipinski definition) is 1. The molecule has 1 aliphatic carbocycles. The Balaban J connectivity index is 1.73. The lowest BCUT2D eigenvalue weighted by Gasteiger charge is -2.14. The minimum atomic E-state index is -3.54. The summed E-state index contributed by atoms with van der Waals surface area (Å²) in [4.78, 5) is 0. The Kier molecular flexibility index (Phi) is 3.18. The Bertz CT molecular complexity index is 690. The first-order valence-corrected chi connectivity index (χ1v) is 7.97. The topological polar surface area (TPSA) is 79.2 Å². The van der Waals surface area contributed by atoms with Crippen LogP contribution in [0.5, 0.6) is 0 Å². The van der Waals surface area contributed by atoms with E-state index in [1.165, 1.54) is 23.6 Å². The molecule has 0 bridgehead atoms. The first-order chi connectivity index (χ1) is 9.48. The second-order valence-corrected chi connectivity index (χ2v) is 7.32. The number of nitrogens with zero attached hydrogens (tertiary/aromatic N) is 2. The summed E-state index contributed by atoms with van der Waals surface area (Å²) in [5, 5.41) is 6.23. The Hall–Kier alpha value is -1.60. The number of hydrogen-bond acceptors (Lipinski definition) is 4. The highest BCUT2D eigenvalue weighted by Crippen LogP contribution is 2.47. The molecule has 6 nitrogen and oxygen atoms in total. The van der Waals surface area contributed by atoms with E-state index in [1.54, 1.807) is 0 Å². The lowest BCUT2D eigenvalue weighted by molar-refractivity contribution is 0.389. The molecule has 2 aromatic rings. The van der Waals surface area contributed by atoms with E-state index in [0.29, 0.717) is 17.6 Å². The normalized spacial score (nSPS) is 22.4. The number of furan rings is 1. The van der Waals surface area contributed by atoms with Gasteiger partial charge < -0.3 is 4.42 Å². The first kappa shape index (κ1) is 13.4. The van der Waals surface area contributed by atoms with Crippen LogP contribution in [0.1, 0.15) is 30.8 Å². The number of H-pyrrole nitrogens is 1. The zero-order valence-electron chi connectivity index (χ0n) is 11.4. The van der Waals surface area contributed by atoms with E-state index >= 15 is 0 Å². The van der Waals surface area contributed by atoms with Gasteiger partial charge in [-0.3, -0.25) is 5.10 Å². The highest BCUT2D eigenvalue weighted by atomic mass is 32.2. The largest absolute Gasteiger partial charge is 0.464 e. The van der Waals surface area contributed by atoms with Crippen molar-refractivity contribution in [1.82, 2.24) is 14.5 Å². The van der Waals surface area contributed by atoms with Crippen LogP contribution in [0.4, 0.5) is 0 Å². The van der Waals surface area contributed by atoms with Gasteiger partial charge in [-0.15, -0.1) is 0 Å². The fraction of sp³-hybridized carbons (Fsp3) is 0.462. The second kappa shape index (κ2) is 4.75. The van der Waals surface area contributed by atoms with Crippen molar-refractivity contribution in [2.75, 3.05) is 7.05 Å². The minimum absolute atomic E-state index is 0.0857. The monoisotopic (exact) mass is 295 g/mol. The first-order valence-electron chi connectivity index (χ1n) is 6.53. The summed E-state index contributed by atoms with van der Waals surface area (Å²) < 4.78 is 31.4. The molecule has 3 rings (SSSR count). The molecule has 1 N–H and O–H groups in total. The van der Waals surface area contributed by atoms with Gasteiger partial charge in [0.15, 0.2) is 5.03 Å².